The minimum absolute atomic E-state index is 0.0150. The highest BCUT2D eigenvalue weighted by molar-refractivity contribution is 6.42. The molecule has 1 aliphatic heterocycles. The van der Waals surface area contributed by atoms with E-state index in [1.165, 1.54) is 24.5 Å². The Labute approximate surface area is 187 Å². The van der Waals surface area contributed by atoms with Crippen molar-refractivity contribution < 1.29 is 14.3 Å². The van der Waals surface area contributed by atoms with Crippen molar-refractivity contribution >= 4 is 51.6 Å². The molecule has 3 aromatic rings. The van der Waals surface area contributed by atoms with E-state index < -0.39 is 11.9 Å². The van der Waals surface area contributed by atoms with E-state index in [2.05, 4.69) is 26.8 Å². The monoisotopic (exact) mass is 463 g/mol. The van der Waals surface area contributed by atoms with Crippen LogP contribution in [0.3, 0.4) is 0 Å². The van der Waals surface area contributed by atoms with E-state index in [4.69, 9.17) is 23.2 Å². The summed E-state index contributed by atoms with van der Waals surface area (Å²) in [6.07, 6.45) is 3.22. The normalized spacial score (nSPS) is 15.8. The maximum absolute atomic E-state index is 14.4. The Morgan fingerprint density at radius 3 is 2.81 bits per heavy atom. The molecule has 1 saturated heterocycles. The number of amides is 1. The van der Waals surface area contributed by atoms with E-state index >= 15 is 0 Å². The van der Waals surface area contributed by atoms with Gasteiger partial charge in [0.2, 0.25) is 5.91 Å². The van der Waals surface area contributed by atoms with Gasteiger partial charge in [-0.25, -0.2) is 14.4 Å². The van der Waals surface area contributed by atoms with Gasteiger partial charge in [-0.15, -0.1) is 0 Å². The first kappa shape index (κ1) is 21.5. The van der Waals surface area contributed by atoms with E-state index in [0.717, 1.165) is 0 Å². The van der Waals surface area contributed by atoms with Gasteiger partial charge in [0.25, 0.3) is 0 Å². The number of nitrogens with one attached hydrogen (secondary N) is 2. The summed E-state index contributed by atoms with van der Waals surface area (Å²) in [5, 5.41) is 14.4. The number of carbonyl (C=O) groups is 1. The number of H-pyrrole nitrogens is 1. The van der Waals surface area contributed by atoms with Gasteiger partial charge >= 0.3 is 0 Å². The van der Waals surface area contributed by atoms with Crippen LogP contribution in [0.2, 0.25) is 10.0 Å². The molecule has 0 bridgehead atoms. The summed E-state index contributed by atoms with van der Waals surface area (Å²) in [5.41, 5.74) is 1.21. The molecule has 0 radical (unpaired) electrons. The van der Waals surface area contributed by atoms with Gasteiger partial charge < -0.3 is 20.3 Å². The highest BCUT2D eigenvalue weighted by atomic mass is 35.5. The Kier molecular flexibility index (Phi) is 6.13. The molecule has 1 fully saturated rings. The van der Waals surface area contributed by atoms with E-state index in [0.29, 0.717) is 48.5 Å². The standard InChI is InChI=1S/C21H20Cl2FN5O2/c1-2-16(30)29-7-5-11(6-8-29)19(31)15-9-12-20(25-10-26-21(12)28-15)27-14-4-3-13(22)17(23)18(14)24/h2-4,9-11,19,31H,1,5-8H2,(H2,25,26,27,28). The lowest BCUT2D eigenvalue weighted by Gasteiger charge is -2.33. The number of hydrogen-bond acceptors (Lipinski definition) is 5. The third kappa shape index (κ3) is 4.23. The first-order valence-corrected chi connectivity index (χ1v) is 10.5. The number of nitrogens with zero attached hydrogens (tertiary/aromatic N) is 3. The van der Waals surface area contributed by atoms with E-state index in [-0.39, 0.29) is 27.6 Å². The van der Waals surface area contributed by atoms with E-state index in [1.54, 1.807) is 11.0 Å². The number of aromatic amines is 1. The first-order chi connectivity index (χ1) is 14.9. The van der Waals surface area contributed by atoms with Crippen LogP contribution in [0.5, 0.6) is 0 Å². The summed E-state index contributed by atoms with van der Waals surface area (Å²) >= 11 is 11.7. The summed E-state index contributed by atoms with van der Waals surface area (Å²) in [5.74, 6) is -0.432. The predicted octanol–water partition coefficient (Wildman–Crippen LogP) is 4.61. The summed E-state index contributed by atoms with van der Waals surface area (Å²) in [6, 6.07) is 4.71. The molecule has 10 heteroatoms. The average Bonchev–Trinajstić information content (AvgIpc) is 3.24. The fraction of sp³-hybridized carbons (Fsp3) is 0.286. The summed E-state index contributed by atoms with van der Waals surface area (Å²) in [7, 11) is 0. The number of benzene rings is 1. The molecule has 2 aromatic heterocycles. The van der Waals surface area contributed by atoms with Gasteiger partial charge in [-0.2, -0.15) is 0 Å². The van der Waals surface area contributed by atoms with Crippen molar-refractivity contribution in [1.29, 1.82) is 0 Å². The smallest absolute Gasteiger partial charge is 0.245 e. The number of aromatic nitrogens is 3. The number of rotatable bonds is 5. The molecular formula is C21H20Cl2FN5O2. The molecule has 1 aromatic carbocycles. The molecule has 3 heterocycles. The topological polar surface area (TPSA) is 94.1 Å². The van der Waals surface area contributed by atoms with Gasteiger partial charge in [-0.3, -0.25) is 4.79 Å². The molecule has 162 valence electrons. The fourth-order valence-electron chi connectivity index (χ4n) is 3.79. The van der Waals surface area contributed by atoms with E-state index in [9.17, 15) is 14.3 Å². The molecule has 4 rings (SSSR count). The molecule has 0 spiro atoms. The van der Waals surface area contributed by atoms with Crippen molar-refractivity contribution in [3.05, 3.63) is 58.7 Å². The largest absolute Gasteiger partial charge is 0.387 e. The highest BCUT2D eigenvalue weighted by Crippen LogP contribution is 2.35. The predicted molar refractivity (Wildman–Crippen MR) is 118 cm³/mol. The number of carbonyl (C=O) groups excluding carboxylic acids is 1. The van der Waals surface area contributed by atoms with Crippen LogP contribution < -0.4 is 5.32 Å². The van der Waals surface area contributed by atoms with Crippen molar-refractivity contribution in [2.75, 3.05) is 18.4 Å². The minimum Gasteiger partial charge on any atom is -0.387 e. The number of halogens is 3. The van der Waals surface area contributed by atoms with Crippen LogP contribution in [-0.2, 0) is 4.79 Å². The molecule has 0 aliphatic carbocycles. The van der Waals surface area contributed by atoms with Gasteiger partial charge in [0.05, 0.1) is 27.2 Å². The molecule has 3 N–H and O–H groups in total. The molecule has 1 unspecified atom stereocenters. The quantitative estimate of drug-likeness (QED) is 0.379. The number of aliphatic hydroxyl groups excluding tert-OH is 1. The van der Waals surface area contributed by atoms with Crippen molar-refractivity contribution in [2.45, 2.75) is 18.9 Å². The highest BCUT2D eigenvalue weighted by Gasteiger charge is 2.29. The molecule has 7 nitrogen and oxygen atoms in total. The number of likely N-dealkylation sites (tertiary alicyclic amines) is 1. The second-order valence-electron chi connectivity index (χ2n) is 7.37. The lowest BCUT2D eigenvalue weighted by molar-refractivity contribution is -0.128. The zero-order chi connectivity index (χ0) is 22.1. The van der Waals surface area contributed by atoms with Gasteiger partial charge in [-0.05, 0) is 43.0 Å². The molecule has 1 amide bonds. The van der Waals surface area contributed by atoms with Gasteiger partial charge in [0.15, 0.2) is 5.82 Å². The Morgan fingerprint density at radius 1 is 1.35 bits per heavy atom. The van der Waals surface area contributed by atoms with Crippen LogP contribution in [0.15, 0.2) is 37.2 Å². The number of aliphatic hydroxyl groups is 1. The lowest BCUT2D eigenvalue weighted by Crippen LogP contribution is -2.38. The Bertz CT molecular complexity index is 1140. The van der Waals surface area contributed by atoms with Crippen molar-refractivity contribution in [2.24, 2.45) is 5.92 Å². The van der Waals surface area contributed by atoms with Gasteiger partial charge in [-0.1, -0.05) is 29.8 Å². The van der Waals surface area contributed by atoms with Crippen LogP contribution in [0.25, 0.3) is 11.0 Å². The number of anilines is 2. The molecule has 31 heavy (non-hydrogen) atoms. The molecule has 0 saturated carbocycles. The van der Waals surface area contributed by atoms with Crippen LogP contribution in [0.4, 0.5) is 15.9 Å². The number of piperidine rings is 1. The van der Waals surface area contributed by atoms with Gasteiger partial charge in [0, 0.05) is 18.8 Å². The minimum atomic E-state index is -0.759. The Balaban J connectivity index is 1.56. The first-order valence-electron chi connectivity index (χ1n) is 9.72. The van der Waals surface area contributed by atoms with Crippen LogP contribution in [0.1, 0.15) is 24.6 Å². The van der Waals surface area contributed by atoms with Crippen molar-refractivity contribution in [1.82, 2.24) is 19.9 Å². The maximum atomic E-state index is 14.4. The number of hydrogen-bond donors (Lipinski definition) is 3. The summed E-state index contributed by atoms with van der Waals surface area (Å²) in [6.45, 7) is 4.64. The second-order valence-corrected chi connectivity index (χ2v) is 8.15. The molecule has 1 atom stereocenters. The van der Waals surface area contributed by atoms with Crippen LogP contribution >= 0.6 is 23.2 Å². The maximum Gasteiger partial charge on any atom is 0.245 e. The fourth-order valence-corrected chi connectivity index (χ4v) is 4.10. The summed E-state index contributed by atoms with van der Waals surface area (Å²) < 4.78 is 14.4. The van der Waals surface area contributed by atoms with Gasteiger partial charge in [0.1, 0.15) is 17.8 Å². The third-order valence-electron chi connectivity index (χ3n) is 5.53. The average molecular weight is 464 g/mol. The Morgan fingerprint density at radius 2 is 2.10 bits per heavy atom. The number of fused-ring (bicyclic) bond motifs is 1. The zero-order valence-corrected chi connectivity index (χ0v) is 17.9. The summed E-state index contributed by atoms with van der Waals surface area (Å²) in [4.78, 5) is 25.0. The van der Waals surface area contributed by atoms with Crippen LogP contribution in [-0.4, -0.2) is 44.0 Å². The lowest BCUT2D eigenvalue weighted by atomic mass is 9.89. The molecular weight excluding hydrogens is 444 g/mol. The van der Waals surface area contributed by atoms with Crippen molar-refractivity contribution in [3.63, 3.8) is 0 Å². The molecule has 1 aliphatic rings. The van der Waals surface area contributed by atoms with Crippen molar-refractivity contribution in [3.8, 4) is 0 Å². The SMILES string of the molecule is C=CC(=O)N1CCC(C(O)c2cc3c(Nc4ccc(Cl)c(Cl)c4F)ncnc3[nH]2)CC1. The third-order valence-corrected chi connectivity index (χ3v) is 6.31. The van der Waals surface area contributed by atoms with E-state index in [1.807, 2.05) is 0 Å². The van der Waals surface area contributed by atoms with Crippen LogP contribution in [0, 0.1) is 11.7 Å². The second kappa shape index (κ2) is 8.82. The Hall–Kier alpha value is -2.68. The zero-order valence-electron chi connectivity index (χ0n) is 16.4.